The largest absolute Gasteiger partial charge is 0.334 e. The molecule has 3 heterocycles. The number of nitrogens with zero attached hydrogens (tertiary/aromatic N) is 3. The van der Waals surface area contributed by atoms with Gasteiger partial charge in [-0.1, -0.05) is 17.8 Å². The maximum Gasteiger partial charge on any atom is 0.233 e. The Balaban J connectivity index is 1.74. The molecule has 0 spiro atoms. The quantitative estimate of drug-likeness (QED) is 0.748. The summed E-state index contributed by atoms with van der Waals surface area (Å²) in [6, 6.07) is 6.60. The molecule has 0 radical (unpaired) electrons. The zero-order valence-corrected chi connectivity index (χ0v) is 16.3. The predicted octanol–water partition coefficient (Wildman–Crippen LogP) is 4.40. The highest BCUT2D eigenvalue weighted by Crippen LogP contribution is 2.35. The topological polar surface area (TPSA) is 57.0 Å². The number of pyridine rings is 1. The molecule has 3 rings (SSSR count). The van der Waals surface area contributed by atoms with Crippen LogP contribution >= 0.6 is 23.1 Å². The molecule has 1 amide bonds. The Hall–Kier alpha value is -1.84. The average molecular weight is 372 g/mol. The number of likely N-dealkylation sites (tertiary alicyclic amines) is 1. The highest BCUT2D eigenvalue weighted by atomic mass is 32.2. The minimum absolute atomic E-state index is 0.127. The van der Waals surface area contributed by atoms with Crippen LogP contribution in [-0.2, 0) is 4.79 Å². The van der Waals surface area contributed by atoms with Crippen LogP contribution in [0.1, 0.15) is 46.1 Å². The van der Waals surface area contributed by atoms with E-state index in [1.807, 2.05) is 31.7 Å². The van der Waals surface area contributed by atoms with Gasteiger partial charge >= 0.3 is 0 Å². The second-order valence-electron chi connectivity index (χ2n) is 6.29. The van der Waals surface area contributed by atoms with Gasteiger partial charge in [0.25, 0.3) is 0 Å². The Morgan fingerprint density at radius 3 is 2.92 bits per heavy atom. The van der Waals surface area contributed by atoms with E-state index in [4.69, 9.17) is 0 Å². The molecule has 1 fully saturated rings. The fraction of sp³-hybridized carbons (Fsp3) is 0.421. The molecule has 1 saturated heterocycles. The van der Waals surface area contributed by atoms with Crippen LogP contribution in [0.15, 0.2) is 22.5 Å². The van der Waals surface area contributed by atoms with Crippen LogP contribution in [0.3, 0.4) is 0 Å². The molecule has 0 saturated carbocycles. The van der Waals surface area contributed by atoms with E-state index in [9.17, 15) is 10.1 Å². The Labute approximate surface area is 156 Å². The number of hydrogen-bond donors (Lipinski definition) is 0. The minimum atomic E-state index is 0.127. The summed E-state index contributed by atoms with van der Waals surface area (Å²) in [6.45, 7) is 6.69. The summed E-state index contributed by atoms with van der Waals surface area (Å²) in [5.74, 6) is 0.452. The first-order valence-corrected chi connectivity index (χ1v) is 10.2. The summed E-state index contributed by atoms with van der Waals surface area (Å²) in [5, 5.41) is 12.2. The second-order valence-corrected chi connectivity index (χ2v) is 8.23. The van der Waals surface area contributed by atoms with Crippen LogP contribution in [0.4, 0.5) is 0 Å². The number of amides is 1. The van der Waals surface area contributed by atoms with Gasteiger partial charge in [0.15, 0.2) is 0 Å². The van der Waals surface area contributed by atoms with E-state index < -0.39 is 0 Å². The third-order valence-electron chi connectivity index (χ3n) is 4.85. The highest BCUT2D eigenvalue weighted by Gasteiger charge is 2.30. The van der Waals surface area contributed by atoms with Gasteiger partial charge in [-0.25, -0.2) is 4.98 Å². The van der Waals surface area contributed by atoms with Gasteiger partial charge in [0.2, 0.25) is 5.91 Å². The van der Waals surface area contributed by atoms with Crippen molar-refractivity contribution in [1.29, 1.82) is 5.26 Å². The third-order valence-corrected chi connectivity index (χ3v) is 6.79. The van der Waals surface area contributed by atoms with Gasteiger partial charge in [-0.05, 0) is 56.2 Å². The van der Waals surface area contributed by atoms with E-state index in [1.165, 1.54) is 16.6 Å². The molecular formula is C19H21N3OS2. The molecule has 130 valence electrons. The van der Waals surface area contributed by atoms with E-state index in [1.54, 1.807) is 11.3 Å². The molecule has 0 bridgehead atoms. The number of hydrogen-bond acceptors (Lipinski definition) is 5. The van der Waals surface area contributed by atoms with E-state index in [0.717, 1.165) is 36.2 Å². The van der Waals surface area contributed by atoms with E-state index in [0.29, 0.717) is 16.3 Å². The molecule has 0 unspecified atom stereocenters. The fourth-order valence-corrected chi connectivity index (χ4v) is 5.05. The van der Waals surface area contributed by atoms with E-state index in [2.05, 4.69) is 22.5 Å². The average Bonchev–Trinajstić information content (AvgIpc) is 3.28. The molecule has 1 aliphatic rings. The van der Waals surface area contributed by atoms with Gasteiger partial charge < -0.3 is 4.90 Å². The van der Waals surface area contributed by atoms with Crippen molar-refractivity contribution in [1.82, 2.24) is 9.88 Å². The molecule has 0 aromatic carbocycles. The maximum absolute atomic E-state index is 12.8. The Morgan fingerprint density at radius 1 is 1.44 bits per heavy atom. The van der Waals surface area contributed by atoms with Gasteiger partial charge in [-0.2, -0.15) is 5.26 Å². The monoisotopic (exact) mass is 371 g/mol. The van der Waals surface area contributed by atoms with Crippen LogP contribution in [-0.4, -0.2) is 28.1 Å². The van der Waals surface area contributed by atoms with Crippen LogP contribution in [0.5, 0.6) is 0 Å². The maximum atomic E-state index is 12.8. The van der Waals surface area contributed by atoms with Crippen molar-refractivity contribution in [2.75, 3.05) is 12.3 Å². The van der Waals surface area contributed by atoms with Crippen molar-refractivity contribution < 1.29 is 4.79 Å². The van der Waals surface area contributed by atoms with Gasteiger partial charge in [-0.3, -0.25) is 4.79 Å². The first-order chi connectivity index (χ1) is 12.0. The third kappa shape index (κ3) is 3.58. The molecule has 4 nitrogen and oxygen atoms in total. The summed E-state index contributed by atoms with van der Waals surface area (Å²) < 4.78 is 0. The number of carbonyl (C=O) groups excluding carboxylic acids is 1. The molecule has 1 atom stereocenters. The molecule has 2 aromatic heterocycles. The van der Waals surface area contributed by atoms with Crippen LogP contribution in [0, 0.1) is 32.1 Å². The molecule has 0 aliphatic carbocycles. The van der Waals surface area contributed by atoms with Crippen LogP contribution < -0.4 is 0 Å². The van der Waals surface area contributed by atoms with Crippen LogP contribution in [0.25, 0.3) is 0 Å². The summed E-state index contributed by atoms with van der Waals surface area (Å²) in [5.41, 5.74) is 3.52. The van der Waals surface area contributed by atoms with Crippen molar-refractivity contribution in [2.45, 2.75) is 44.7 Å². The lowest BCUT2D eigenvalue weighted by molar-refractivity contribution is -0.129. The van der Waals surface area contributed by atoms with Crippen molar-refractivity contribution in [3.63, 3.8) is 0 Å². The lowest BCUT2D eigenvalue weighted by atomic mass is 10.1. The van der Waals surface area contributed by atoms with Gasteiger partial charge in [0.1, 0.15) is 11.1 Å². The number of nitriles is 1. The smallest absolute Gasteiger partial charge is 0.233 e. The number of aromatic nitrogens is 1. The Morgan fingerprint density at radius 2 is 2.24 bits per heavy atom. The summed E-state index contributed by atoms with van der Waals surface area (Å²) >= 11 is 3.09. The van der Waals surface area contributed by atoms with E-state index >= 15 is 0 Å². The van der Waals surface area contributed by atoms with Crippen LogP contribution in [0.2, 0.25) is 0 Å². The van der Waals surface area contributed by atoms with Crippen molar-refractivity contribution >= 4 is 29.0 Å². The second kappa shape index (κ2) is 7.59. The van der Waals surface area contributed by atoms with Crippen molar-refractivity contribution in [3.8, 4) is 6.07 Å². The summed E-state index contributed by atoms with van der Waals surface area (Å²) in [7, 11) is 0. The van der Waals surface area contributed by atoms with Gasteiger partial charge in [-0.15, -0.1) is 11.3 Å². The molecule has 6 heteroatoms. The summed E-state index contributed by atoms with van der Waals surface area (Å²) in [6.07, 6.45) is 2.07. The predicted molar refractivity (Wildman–Crippen MR) is 102 cm³/mol. The first kappa shape index (κ1) is 18.0. The normalized spacial score (nSPS) is 16.9. The molecule has 0 N–H and O–H groups in total. The highest BCUT2D eigenvalue weighted by molar-refractivity contribution is 8.00. The van der Waals surface area contributed by atoms with Gasteiger partial charge in [0.05, 0.1) is 17.4 Å². The molecule has 25 heavy (non-hydrogen) atoms. The molecule has 1 aliphatic heterocycles. The van der Waals surface area contributed by atoms with Gasteiger partial charge in [0, 0.05) is 17.1 Å². The zero-order valence-electron chi connectivity index (χ0n) is 14.7. The zero-order chi connectivity index (χ0) is 18.0. The van der Waals surface area contributed by atoms with Crippen molar-refractivity contribution in [3.05, 3.63) is 44.8 Å². The van der Waals surface area contributed by atoms with E-state index in [-0.39, 0.29) is 11.9 Å². The Kier molecular flexibility index (Phi) is 5.45. The first-order valence-electron chi connectivity index (χ1n) is 8.36. The standard InChI is InChI=1S/C19H21N3OS2/c1-12-13(2)15(10-20)19(21-14(12)3)25-11-18(23)22-8-4-6-16(22)17-7-5-9-24-17/h5,7,9,16H,4,6,8,11H2,1-3H3/t16-/m1/s1. The lowest BCUT2D eigenvalue weighted by Gasteiger charge is -2.24. The van der Waals surface area contributed by atoms with Crippen molar-refractivity contribution in [2.24, 2.45) is 0 Å². The summed E-state index contributed by atoms with van der Waals surface area (Å²) in [4.78, 5) is 20.5. The SMILES string of the molecule is Cc1nc(SCC(=O)N2CCC[C@@H]2c2cccs2)c(C#N)c(C)c1C. The molecule has 2 aromatic rings. The minimum Gasteiger partial charge on any atom is -0.334 e. The number of thioether (sulfide) groups is 1. The fourth-order valence-electron chi connectivity index (χ4n) is 3.20. The lowest BCUT2D eigenvalue weighted by Crippen LogP contribution is -2.31. The molecular weight excluding hydrogens is 350 g/mol. The number of rotatable bonds is 4. The number of thiophene rings is 1. The number of carbonyl (C=O) groups is 1. The number of aryl methyl sites for hydroxylation is 1. The Bertz CT molecular complexity index is 824.